The number of anilines is 1. The van der Waals surface area contributed by atoms with Crippen LogP contribution in [-0.4, -0.2) is 37.7 Å². The number of benzene rings is 1. The number of hydrogen-bond donors (Lipinski definition) is 1. The van der Waals surface area contributed by atoms with Crippen LogP contribution in [0, 0.1) is 0 Å². The van der Waals surface area contributed by atoms with Crippen LogP contribution in [0.1, 0.15) is 26.2 Å². The number of rotatable bonds is 5. The molecule has 0 amide bonds. The molecular formula is C15H23ClN2O. The zero-order valence-corrected chi connectivity index (χ0v) is 12.5. The highest BCUT2D eigenvalue weighted by atomic mass is 35.5. The van der Waals surface area contributed by atoms with Crippen molar-refractivity contribution < 1.29 is 4.74 Å². The molecule has 1 heterocycles. The summed E-state index contributed by atoms with van der Waals surface area (Å²) in [5, 5.41) is 4.33. The number of nitrogens with zero attached hydrogens (tertiary/aromatic N) is 1. The van der Waals surface area contributed by atoms with Crippen LogP contribution in [0.4, 0.5) is 5.69 Å². The standard InChI is InChI=1S/C15H23ClN2O/c1-3-10-19-15-5-4-12(16)11-14(15)17-13-6-8-18(2)9-7-13/h4-5,11,13,17H,3,6-10H2,1-2H3. The Labute approximate surface area is 120 Å². The lowest BCUT2D eigenvalue weighted by Gasteiger charge is -2.30. The molecule has 0 unspecified atom stereocenters. The molecule has 2 rings (SSSR count). The van der Waals surface area contributed by atoms with Gasteiger partial charge in [-0.3, -0.25) is 0 Å². The first-order valence-corrected chi connectivity index (χ1v) is 7.44. The molecule has 1 aliphatic rings. The Balaban J connectivity index is 2.02. The Morgan fingerprint density at radius 2 is 2.11 bits per heavy atom. The third kappa shape index (κ3) is 4.29. The molecule has 1 aromatic rings. The van der Waals surface area contributed by atoms with E-state index >= 15 is 0 Å². The van der Waals surface area contributed by atoms with Crippen LogP contribution in [0.2, 0.25) is 5.02 Å². The van der Waals surface area contributed by atoms with Crippen molar-refractivity contribution >= 4 is 17.3 Å². The van der Waals surface area contributed by atoms with Crippen molar-refractivity contribution in [2.24, 2.45) is 0 Å². The highest BCUT2D eigenvalue weighted by Crippen LogP contribution is 2.30. The summed E-state index contributed by atoms with van der Waals surface area (Å²) in [4.78, 5) is 2.37. The van der Waals surface area contributed by atoms with Gasteiger partial charge in [-0.25, -0.2) is 0 Å². The van der Waals surface area contributed by atoms with Crippen molar-refractivity contribution in [2.45, 2.75) is 32.2 Å². The van der Waals surface area contributed by atoms with Crippen molar-refractivity contribution in [3.8, 4) is 5.75 Å². The minimum absolute atomic E-state index is 0.513. The molecule has 106 valence electrons. The average Bonchev–Trinajstić information content (AvgIpc) is 2.40. The molecular weight excluding hydrogens is 260 g/mol. The molecule has 4 heteroatoms. The van der Waals surface area contributed by atoms with Gasteiger partial charge in [-0.05, 0) is 57.6 Å². The van der Waals surface area contributed by atoms with Crippen LogP contribution in [0.25, 0.3) is 0 Å². The van der Waals surface area contributed by atoms with Crippen LogP contribution >= 0.6 is 11.6 Å². The van der Waals surface area contributed by atoms with Crippen LogP contribution in [0.15, 0.2) is 18.2 Å². The van der Waals surface area contributed by atoms with Crippen LogP contribution in [0.5, 0.6) is 5.75 Å². The summed E-state index contributed by atoms with van der Waals surface area (Å²) in [5.74, 6) is 0.908. The molecule has 1 aliphatic heterocycles. The van der Waals surface area contributed by atoms with Gasteiger partial charge >= 0.3 is 0 Å². The van der Waals surface area contributed by atoms with E-state index < -0.39 is 0 Å². The molecule has 0 bridgehead atoms. The number of ether oxygens (including phenoxy) is 1. The Hall–Kier alpha value is -0.930. The maximum Gasteiger partial charge on any atom is 0.142 e. The van der Waals surface area contributed by atoms with Gasteiger partial charge in [-0.15, -0.1) is 0 Å². The number of piperidine rings is 1. The van der Waals surface area contributed by atoms with Gasteiger partial charge in [0.1, 0.15) is 5.75 Å². The molecule has 3 nitrogen and oxygen atoms in total. The first-order chi connectivity index (χ1) is 9.19. The molecule has 0 spiro atoms. The van der Waals surface area contributed by atoms with Crippen LogP contribution in [0.3, 0.4) is 0 Å². The van der Waals surface area contributed by atoms with Crippen molar-refractivity contribution in [2.75, 3.05) is 32.1 Å². The largest absolute Gasteiger partial charge is 0.491 e. The fourth-order valence-corrected chi connectivity index (χ4v) is 2.50. The smallest absolute Gasteiger partial charge is 0.142 e. The van der Waals surface area contributed by atoms with Gasteiger partial charge in [0.2, 0.25) is 0 Å². The third-order valence-electron chi connectivity index (χ3n) is 3.48. The molecule has 1 N–H and O–H groups in total. The van der Waals surface area contributed by atoms with Gasteiger partial charge in [-0.2, -0.15) is 0 Å². The summed E-state index contributed by atoms with van der Waals surface area (Å²) in [5.41, 5.74) is 1.02. The second kappa shape index (κ2) is 7.01. The first kappa shape index (κ1) is 14.5. The lowest BCUT2D eigenvalue weighted by molar-refractivity contribution is 0.263. The Morgan fingerprint density at radius 3 is 2.79 bits per heavy atom. The molecule has 1 fully saturated rings. The van der Waals surface area contributed by atoms with E-state index in [0.717, 1.165) is 55.4 Å². The van der Waals surface area contributed by atoms with Crippen LogP contribution in [-0.2, 0) is 0 Å². The monoisotopic (exact) mass is 282 g/mol. The second-order valence-electron chi connectivity index (χ2n) is 5.21. The zero-order valence-electron chi connectivity index (χ0n) is 11.8. The molecule has 0 aliphatic carbocycles. The van der Waals surface area contributed by atoms with Gasteiger partial charge < -0.3 is 15.0 Å². The predicted octanol–water partition coefficient (Wildman–Crippen LogP) is 3.63. The number of nitrogens with one attached hydrogen (secondary N) is 1. The van der Waals surface area contributed by atoms with Gasteiger partial charge in [0.25, 0.3) is 0 Å². The summed E-state index contributed by atoms with van der Waals surface area (Å²) in [7, 11) is 2.17. The predicted molar refractivity (Wildman–Crippen MR) is 81.4 cm³/mol. The summed E-state index contributed by atoms with van der Waals surface area (Å²) in [6, 6.07) is 6.31. The average molecular weight is 283 g/mol. The SMILES string of the molecule is CCCOc1ccc(Cl)cc1NC1CCN(C)CC1. The highest BCUT2D eigenvalue weighted by Gasteiger charge is 2.17. The first-order valence-electron chi connectivity index (χ1n) is 7.06. The van der Waals surface area contributed by atoms with Crippen molar-refractivity contribution in [3.63, 3.8) is 0 Å². The van der Waals surface area contributed by atoms with Gasteiger partial charge in [0.15, 0.2) is 0 Å². The minimum Gasteiger partial charge on any atom is -0.491 e. The van der Waals surface area contributed by atoms with Crippen molar-refractivity contribution in [1.82, 2.24) is 4.90 Å². The van der Waals surface area contributed by atoms with E-state index in [4.69, 9.17) is 16.3 Å². The molecule has 1 saturated heterocycles. The zero-order chi connectivity index (χ0) is 13.7. The molecule has 0 atom stereocenters. The van der Waals surface area contributed by atoms with E-state index in [0.29, 0.717) is 6.04 Å². The van der Waals surface area contributed by atoms with E-state index in [2.05, 4.69) is 24.2 Å². The quantitative estimate of drug-likeness (QED) is 0.892. The van der Waals surface area contributed by atoms with E-state index in [-0.39, 0.29) is 0 Å². The summed E-state index contributed by atoms with van der Waals surface area (Å²) in [6.07, 6.45) is 3.34. The molecule has 0 radical (unpaired) electrons. The Morgan fingerprint density at radius 1 is 1.37 bits per heavy atom. The second-order valence-corrected chi connectivity index (χ2v) is 5.65. The number of likely N-dealkylation sites (tertiary alicyclic amines) is 1. The molecule has 1 aromatic carbocycles. The fraction of sp³-hybridized carbons (Fsp3) is 0.600. The third-order valence-corrected chi connectivity index (χ3v) is 3.72. The summed E-state index contributed by atoms with van der Waals surface area (Å²) >= 11 is 6.09. The maximum atomic E-state index is 6.09. The topological polar surface area (TPSA) is 24.5 Å². The summed E-state index contributed by atoms with van der Waals surface area (Å²) < 4.78 is 5.77. The molecule has 19 heavy (non-hydrogen) atoms. The van der Waals surface area contributed by atoms with Crippen molar-refractivity contribution in [3.05, 3.63) is 23.2 Å². The normalized spacial score (nSPS) is 17.4. The van der Waals surface area contributed by atoms with E-state index in [1.165, 1.54) is 0 Å². The fourth-order valence-electron chi connectivity index (χ4n) is 2.33. The minimum atomic E-state index is 0.513. The van der Waals surface area contributed by atoms with Gasteiger partial charge in [0.05, 0.1) is 12.3 Å². The van der Waals surface area contributed by atoms with E-state index in [1.807, 2.05) is 18.2 Å². The van der Waals surface area contributed by atoms with Crippen molar-refractivity contribution in [1.29, 1.82) is 0 Å². The van der Waals surface area contributed by atoms with E-state index in [9.17, 15) is 0 Å². The number of halogens is 1. The summed E-state index contributed by atoms with van der Waals surface area (Å²) in [6.45, 7) is 5.14. The van der Waals surface area contributed by atoms with E-state index in [1.54, 1.807) is 0 Å². The lowest BCUT2D eigenvalue weighted by Crippen LogP contribution is -2.36. The van der Waals surface area contributed by atoms with Gasteiger partial charge in [-0.1, -0.05) is 18.5 Å². The molecule has 0 saturated carbocycles. The lowest BCUT2D eigenvalue weighted by atomic mass is 10.1. The highest BCUT2D eigenvalue weighted by molar-refractivity contribution is 6.30. The Kier molecular flexibility index (Phi) is 5.34. The Bertz CT molecular complexity index is 403. The number of hydrogen-bond acceptors (Lipinski definition) is 3. The maximum absolute atomic E-state index is 6.09. The van der Waals surface area contributed by atoms with Crippen LogP contribution < -0.4 is 10.1 Å². The molecule has 0 aromatic heterocycles. The van der Waals surface area contributed by atoms with Gasteiger partial charge in [0, 0.05) is 11.1 Å².